The Morgan fingerprint density at radius 1 is 1.26 bits per heavy atom. The van der Waals surface area contributed by atoms with Gasteiger partial charge < -0.3 is 4.74 Å². The standard InChI is InChI=1S/C14H19NO4/c16-8-19-7-14(18)15-6-12-10-2-1-9(5-10)11(12)3-4-13(15)17/h8-12H,1-7H2. The van der Waals surface area contributed by atoms with Gasteiger partial charge in [-0.05, 0) is 49.4 Å². The predicted octanol–water partition coefficient (Wildman–Crippen LogP) is 0.971. The minimum atomic E-state index is -0.375. The molecule has 104 valence electrons. The predicted molar refractivity (Wildman–Crippen MR) is 65.8 cm³/mol. The summed E-state index contributed by atoms with van der Waals surface area (Å²) in [7, 11) is 0. The molecule has 1 saturated heterocycles. The van der Waals surface area contributed by atoms with Crippen LogP contribution >= 0.6 is 0 Å². The number of imide groups is 1. The fourth-order valence-electron chi connectivity index (χ4n) is 4.43. The van der Waals surface area contributed by atoms with E-state index < -0.39 is 0 Å². The Kier molecular flexibility index (Phi) is 3.29. The van der Waals surface area contributed by atoms with Crippen LogP contribution in [0.5, 0.6) is 0 Å². The van der Waals surface area contributed by atoms with Crippen molar-refractivity contribution in [1.29, 1.82) is 0 Å². The van der Waals surface area contributed by atoms with E-state index in [9.17, 15) is 14.4 Å². The van der Waals surface area contributed by atoms with E-state index in [1.54, 1.807) is 0 Å². The molecule has 0 aromatic heterocycles. The molecule has 0 N–H and O–H groups in total. The third kappa shape index (κ3) is 2.15. The molecule has 19 heavy (non-hydrogen) atoms. The molecule has 5 nitrogen and oxygen atoms in total. The molecule has 1 heterocycles. The maximum Gasteiger partial charge on any atom is 0.293 e. The second kappa shape index (κ2) is 4.94. The van der Waals surface area contributed by atoms with Gasteiger partial charge in [0, 0.05) is 13.0 Å². The highest BCUT2D eigenvalue weighted by molar-refractivity contribution is 5.96. The van der Waals surface area contributed by atoms with Crippen LogP contribution in [0, 0.1) is 23.7 Å². The molecule has 1 aliphatic heterocycles. The average molecular weight is 265 g/mol. The number of carbonyl (C=O) groups is 3. The molecule has 0 aromatic carbocycles. The van der Waals surface area contributed by atoms with Gasteiger partial charge in [-0.1, -0.05) is 0 Å². The van der Waals surface area contributed by atoms with Crippen LogP contribution in [-0.4, -0.2) is 36.3 Å². The largest absolute Gasteiger partial charge is 0.458 e. The van der Waals surface area contributed by atoms with Crippen LogP contribution in [0.15, 0.2) is 0 Å². The van der Waals surface area contributed by atoms with E-state index in [2.05, 4.69) is 4.74 Å². The quantitative estimate of drug-likeness (QED) is 0.713. The van der Waals surface area contributed by atoms with Gasteiger partial charge in [-0.15, -0.1) is 0 Å². The minimum Gasteiger partial charge on any atom is -0.458 e. The van der Waals surface area contributed by atoms with Crippen molar-refractivity contribution in [2.24, 2.45) is 23.7 Å². The lowest BCUT2D eigenvalue weighted by Gasteiger charge is -2.30. The van der Waals surface area contributed by atoms with Crippen LogP contribution < -0.4 is 0 Å². The van der Waals surface area contributed by atoms with Crippen molar-refractivity contribution < 1.29 is 19.1 Å². The zero-order valence-electron chi connectivity index (χ0n) is 10.9. The Morgan fingerprint density at radius 3 is 2.74 bits per heavy atom. The van der Waals surface area contributed by atoms with Crippen molar-refractivity contribution in [3.63, 3.8) is 0 Å². The van der Waals surface area contributed by atoms with Gasteiger partial charge in [0.1, 0.15) is 0 Å². The lowest BCUT2D eigenvalue weighted by Crippen LogP contribution is -2.42. The molecule has 2 aliphatic carbocycles. The molecule has 4 unspecified atom stereocenters. The third-order valence-electron chi connectivity index (χ3n) is 5.24. The highest BCUT2D eigenvalue weighted by atomic mass is 16.5. The van der Waals surface area contributed by atoms with Gasteiger partial charge in [0.25, 0.3) is 12.4 Å². The lowest BCUT2D eigenvalue weighted by atomic mass is 9.77. The SMILES string of the molecule is O=COCC(=O)N1CC2C3CCC(C3)C2CCC1=O. The zero-order valence-corrected chi connectivity index (χ0v) is 10.9. The Hall–Kier alpha value is -1.39. The van der Waals surface area contributed by atoms with Gasteiger partial charge in [-0.3, -0.25) is 19.3 Å². The summed E-state index contributed by atoms with van der Waals surface area (Å²) in [6, 6.07) is 0. The number of fused-ring (bicyclic) bond motifs is 5. The normalized spacial score (nSPS) is 36.8. The van der Waals surface area contributed by atoms with E-state index in [1.165, 1.54) is 24.2 Å². The van der Waals surface area contributed by atoms with Crippen LogP contribution in [-0.2, 0) is 19.1 Å². The van der Waals surface area contributed by atoms with Gasteiger partial charge in [0.2, 0.25) is 5.91 Å². The number of carbonyl (C=O) groups excluding carboxylic acids is 3. The van der Waals surface area contributed by atoms with Gasteiger partial charge in [0.15, 0.2) is 6.61 Å². The molecule has 2 amide bonds. The van der Waals surface area contributed by atoms with E-state index >= 15 is 0 Å². The molecule has 0 aromatic rings. The Morgan fingerprint density at radius 2 is 2.00 bits per heavy atom. The van der Waals surface area contributed by atoms with Gasteiger partial charge in [-0.2, -0.15) is 0 Å². The number of nitrogens with zero attached hydrogens (tertiary/aromatic N) is 1. The fourth-order valence-corrected chi connectivity index (χ4v) is 4.43. The molecule has 3 aliphatic rings. The number of amides is 2. The number of rotatable bonds is 3. The summed E-state index contributed by atoms with van der Waals surface area (Å²) >= 11 is 0. The first-order valence-electron chi connectivity index (χ1n) is 7.09. The van der Waals surface area contributed by atoms with Crippen molar-refractivity contribution in [2.75, 3.05) is 13.2 Å². The Balaban J connectivity index is 1.72. The highest BCUT2D eigenvalue weighted by Gasteiger charge is 2.49. The summed E-state index contributed by atoms with van der Waals surface area (Å²) in [5.74, 6) is 2.07. The highest BCUT2D eigenvalue weighted by Crippen LogP contribution is 2.54. The summed E-state index contributed by atoms with van der Waals surface area (Å²) < 4.78 is 4.49. The molecular formula is C14H19NO4. The number of hydrogen-bond acceptors (Lipinski definition) is 4. The maximum atomic E-state index is 12.0. The van der Waals surface area contributed by atoms with E-state index in [0.717, 1.165) is 12.3 Å². The first kappa shape index (κ1) is 12.6. The van der Waals surface area contributed by atoms with Crippen LogP contribution in [0.1, 0.15) is 32.1 Å². The Bertz CT molecular complexity index is 408. The lowest BCUT2D eigenvalue weighted by molar-refractivity contribution is -0.151. The molecular weight excluding hydrogens is 246 g/mol. The summed E-state index contributed by atoms with van der Waals surface area (Å²) in [6.45, 7) is 0.465. The zero-order chi connectivity index (χ0) is 13.4. The van der Waals surface area contributed by atoms with Gasteiger partial charge in [0.05, 0.1) is 0 Å². The summed E-state index contributed by atoms with van der Waals surface area (Å²) in [5, 5.41) is 0. The van der Waals surface area contributed by atoms with Crippen molar-refractivity contribution in [2.45, 2.75) is 32.1 Å². The smallest absolute Gasteiger partial charge is 0.293 e. The second-order valence-electron chi connectivity index (χ2n) is 6.00. The number of ether oxygens (including phenoxy) is 1. The van der Waals surface area contributed by atoms with Crippen molar-refractivity contribution >= 4 is 18.3 Å². The first-order chi connectivity index (χ1) is 9.20. The van der Waals surface area contributed by atoms with Gasteiger partial charge >= 0.3 is 0 Å². The van der Waals surface area contributed by atoms with Crippen molar-refractivity contribution in [3.8, 4) is 0 Å². The van der Waals surface area contributed by atoms with E-state index in [0.29, 0.717) is 30.7 Å². The van der Waals surface area contributed by atoms with Crippen LogP contribution in [0.4, 0.5) is 0 Å². The Labute approximate surface area is 112 Å². The van der Waals surface area contributed by atoms with Crippen molar-refractivity contribution in [3.05, 3.63) is 0 Å². The molecule has 2 bridgehead atoms. The van der Waals surface area contributed by atoms with E-state index in [4.69, 9.17) is 0 Å². The topological polar surface area (TPSA) is 63.7 Å². The fraction of sp³-hybridized carbons (Fsp3) is 0.786. The minimum absolute atomic E-state index is 0.103. The summed E-state index contributed by atoms with van der Waals surface area (Å²) in [5.41, 5.74) is 0. The maximum absolute atomic E-state index is 12.0. The molecule has 0 radical (unpaired) electrons. The monoisotopic (exact) mass is 265 g/mol. The molecule has 4 atom stereocenters. The molecule has 3 fully saturated rings. The first-order valence-corrected chi connectivity index (χ1v) is 7.09. The van der Waals surface area contributed by atoms with Crippen LogP contribution in [0.25, 0.3) is 0 Å². The number of likely N-dealkylation sites (tertiary alicyclic amines) is 1. The summed E-state index contributed by atoms with van der Waals surface area (Å²) in [4.78, 5) is 35.5. The average Bonchev–Trinajstić information content (AvgIpc) is 2.95. The number of hydrogen-bond donors (Lipinski definition) is 0. The molecule has 2 saturated carbocycles. The van der Waals surface area contributed by atoms with Crippen molar-refractivity contribution in [1.82, 2.24) is 4.90 Å². The molecule has 3 rings (SSSR count). The molecule has 5 heteroatoms. The van der Waals surface area contributed by atoms with E-state index in [1.807, 2.05) is 0 Å². The third-order valence-corrected chi connectivity index (χ3v) is 5.24. The second-order valence-corrected chi connectivity index (χ2v) is 6.00. The van der Waals surface area contributed by atoms with Gasteiger partial charge in [-0.25, -0.2) is 0 Å². The van der Waals surface area contributed by atoms with E-state index in [-0.39, 0.29) is 24.9 Å². The van der Waals surface area contributed by atoms with Crippen LogP contribution in [0.3, 0.4) is 0 Å². The van der Waals surface area contributed by atoms with Crippen LogP contribution in [0.2, 0.25) is 0 Å². The summed E-state index contributed by atoms with van der Waals surface area (Å²) in [6.07, 6.45) is 5.19. The molecule has 0 spiro atoms.